The molecule has 2 aromatic heterocycles. The monoisotopic (exact) mass is 370 g/mol. The van der Waals surface area contributed by atoms with Crippen LogP contribution in [0.25, 0.3) is 0 Å². The molecule has 2 aromatic rings. The highest BCUT2D eigenvalue weighted by Gasteiger charge is 2.27. The molecule has 1 aliphatic heterocycles. The van der Waals surface area contributed by atoms with Crippen LogP contribution in [0.2, 0.25) is 0 Å². The van der Waals surface area contributed by atoms with Crippen molar-refractivity contribution in [1.82, 2.24) is 19.7 Å². The van der Waals surface area contributed by atoms with E-state index in [4.69, 9.17) is 4.98 Å². The summed E-state index contributed by atoms with van der Waals surface area (Å²) < 4.78 is 1.73. The maximum atomic E-state index is 12.3. The first-order valence-corrected chi connectivity index (χ1v) is 10.9. The van der Waals surface area contributed by atoms with E-state index in [1.807, 2.05) is 17.4 Å². The standard InChI is InChI=1S/C20H26N4OS/c25-19-10-16-2-1-3-18(16)22-24(19)11-14-6-8-23(9-7-14)12-17-13-26-20(21-17)15-4-5-15/h10,13-15H,1-9,11-12H2. The third kappa shape index (κ3) is 3.49. The van der Waals surface area contributed by atoms with Crippen LogP contribution in [-0.4, -0.2) is 32.8 Å². The number of aryl methyl sites for hydroxylation is 2. The summed E-state index contributed by atoms with van der Waals surface area (Å²) in [6.45, 7) is 3.96. The van der Waals surface area contributed by atoms with Crippen molar-refractivity contribution in [3.05, 3.63) is 43.8 Å². The summed E-state index contributed by atoms with van der Waals surface area (Å²) in [5, 5.41) is 8.23. The van der Waals surface area contributed by atoms with Gasteiger partial charge in [-0.15, -0.1) is 11.3 Å². The molecular weight excluding hydrogens is 344 g/mol. The third-order valence-electron chi connectivity index (χ3n) is 6.04. The lowest BCUT2D eigenvalue weighted by molar-refractivity contribution is 0.162. The summed E-state index contributed by atoms with van der Waals surface area (Å²) in [7, 11) is 0. The first-order valence-electron chi connectivity index (χ1n) is 10.0. The number of rotatable bonds is 5. The van der Waals surface area contributed by atoms with Gasteiger partial charge in [-0.1, -0.05) is 0 Å². The van der Waals surface area contributed by atoms with Gasteiger partial charge in [-0.25, -0.2) is 9.67 Å². The van der Waals surface area contributed by atoms with Crippen LogP contribution in [0.3, 0.4) is 0 Å². The molecule has 5 nitrogen and oxygen atoms in total. The maximum Gasteiger partial charge on any atom is 0.267 e. The van der Waals surface area contributed by atoms with Crippen LogP contribution in [0.1, 0.15) is 60.0 Å². The van der Waals surface area contributed by atoms with Crippen LogP contribution in [-0.2, 0) is 25.9 Å². The minimum Gasteiger partial charge on any atom is -0.297 e. The molecule has 3 aliphatic rings. The van der Waals surface area contributed by atoms with Gasteiger partial charge in [0.25, 0.3) is 5.56 Å². The summed E-state index contributed by atoms with van der Waals surface area (Å²) in [6, 6.07) is 1.82. The van der Waals surface area contributed by atoms with E-state index in [0.717, 1.165) is 69.9 Å². The Kier molecular flexibility index (Phi) is 4.41. The number of aromatic nitrogens is 3. The molecule has 0 N–H and O–H groups in total. The van der Waals surface area contributed by atoms with Gasteiger partial charge >= 0.3 is 0 Å². The Bertz CT molecular complexity index is 846. The fourth-order valence-corrected chi connectivity index (χ4v) is 5.27. The van der Waals surface area contributed by atoms with Crippen molar-refractivity contribution in [2.75, 3.05) is 13.1 Å². The Morgan fingerprint density at radius 3 is 2.81 bits per heavy atom. The number of likely N-dealkylation sites (tertiary alicyclic amines) is 1. The topological polar surface area (TPSA) is 51.0 Å². The largest absolute Gasteiger partial charge is 0.297 e. The van der Waals surface area contributed by atoms with E-state index in [1.165, 1.54) is 29.1 Å². The molecule has 0 amide bonds. The number of fused-ring (bicyclic) bond motifs is 1. The number of piperidine rings is 1. The molecule has 1 saturated carbocycles. The van der Waals surface area contributed by atoms with E-state index in [1.54, 1.807) is 4.68 Å². The first-order chi connectivity index (χ1) is 12.7. The van der Waals surface area contributed by atoms with Crippen molar-refractivity contribution in [3.8, 4) is 0 Å². The van der Waals surface area contributed by atoms with Gasteiger partial charge in [0.2, 0.25) is 0 Å². The van der Waals surface area contributed by atoms with Crippen LogP contribution in [0, 0.1) is 5.92 Å². The summed E-state index contributed by atoms with van der Waals surface area (Å²) in [5.41, 5.74) is 3.65. The van der Waals surface area contributed by atoms with Crippen LogP contribution < -0.4 is 5.56 Å². The highest BCUT2D eigenvalue weighted by Crippen LogP contribution is 2.41. The lowest BCUT2D eigenvalue weighted by atomic mass is 9.96. The van der Waals surface area contributed by atoms with Crippen molar-refractivity contribution in [2.24, 2.45) is 5.92 Å². The maximum absolute atomic E-state index is 12.3. The smallest absolute Gasteiger partial charge is 0.267 e. The zero-order chi connectivity index (χ0) is 17.5. The van der Waals surface area contributed by atoms with Crippen LogP contribution in [0.5, 0.6) is 0 Å². The summed E-state index contributed by atoms with van der Waals surface area (Å²) in [5.74, 6) is 1.32. The molecule has 0 atom stereocenters. The molecule has 0 aromatic carbocycles. The molecule has 5 rings (SSSR count). The number of thiazole rings is 1. The van der Waals surface area contributed by atoms with Crippen molar-refractivity contribution in [3.63, 3.8) is 0 Å². The van der Waals surface area contributed by atoms with Gasteiger partial charge in [0, 0.05) is 30.5 Å². The minimum atomic E-state index is 0.0863. The molecule has 2 fully saturated rings. The summed E-state index contributed by atoms with van der Waals surface area (Å²) in [4.78, 5) is 19.6. The van der Waals surface area contributed by atoms with E-state index >= 15 is 0 Å². The van der Waals surface area contributed by atoms with Gasteiger partial charge in [0.05, 0.1) is 16.4 Å². The fourth-order valence-electron chi connectivity index (χ4n) is 4.28. The van der Waals surface area contributed by atoms with E-state index < -0.39 is 0 Å². The fraction of sp³-hybridized carbons (Fsp3) is 0.650. The van der Waals surface area contributed by atoms with Crippen molar-refractivity contribution >= 4 is 11.3 Å². The Morgan fingerprint density at radius 2 is 2.00 bits per heavy atom. The molecule has 26 heavy (non-hydrogen) atoms. The third-order valence-corrected chi connectivity index (χ3v) is 7.10. The summed E-state index contributed by atoms with van der Waals surface area (Å²) in [6.07, 6.45) is 8.14. The molecule has 6 heteroatoms. The number of nitrogens with zero attached hydrogens (tertiary/aromatic N) is 4. The van der Waals surface area contributed by atoms with Crippen LogP contribution >= 0.6 is 11.3 Å². The Labute approximate surface area is 158 Å². The minimum absolute atomic E-state index is 0.0863. The van der Waals surface area contributed by atoms with E-state index in [0.29, 0.717) is 5.92 Å². The molecule has 1 saturated heterocycles. The second kappa shape index (κ2) is 6.89. The lowest BCUT2D eigenvalue weighted by Gasteiger charge is -2.31. The van der Waals surface area contributed by atoms with Crippen LogP contribution in [0.15, 0.2) is 16.2 Å². The highest BCUT2D eigenvalue weighted by molar-refractivity contribution is 7.09. The molecule has 0 unspecified atom stereocenters. The van der Waals surface area contributed by atoms with Crippen molar-refractivity contribution in [1.29, 1.82) is 0 Å². The van der Waals surface area contributed by atoms with E-state index in [-0.39, 0.29) is 5.56 Å². The average molecular weight is 371 g/mol. The molecule has 0 bridgehead atoms. The zero-order valence-corrected chi connectivity index (χ0v) is 16.0. The molecule has 2 aliphatic carbocycles. The molecule has 0 spiro atoms. The Balaban J connectivity index is 1.16. The zero-order valence-electron chi connectivity index (χ0n) is 15.2. The number of hydrogen-bond acceptors (Lipinski definition) is 5. The SMILES string of the molecule is O=c1cc2c(nn1CC1CCN(Cc3csc(C4CC4)n3)CC1)CCC2. The molecular formula is C20H26N4OS. The van der Waals surface area contributed by atoms with Gasteiger partial charge in [0.1, 0.15) is 0 Å². The van der Waals surface area contributed by atoms with Gasteiger partial charge in [-0.05, 0) is 69.5 Å². The van der Waals surface area contributed by atoms with Crippen molar-refractivity contribution in [2.45, 2.75) is 64.0 Å². The lowest BCUT2D eigenvalue weighted by Crippen LogP contribution is -2.36. The van der Waals surface area contributed by atoms with Crippen LogP contribution in [0.4, 0.5) is 0 Å². The first kappa shape index (κ1) is 16.6. The predicted molar refractivity (Wildman–Crippen MR) is 103 cm³/mol. The Hall–Kier alpha value is -1.53. The normalized spacial score (nSPS) is 21.2. The molecule has 0 radical (unpaired) electrons. The van der Waals surface area contributed by atoms with Gasteiger partial charge in [-0.3, -0.25) is 9.69 Å². The summed E-state index contributed by atoms with van der Waals surface area (Å²) >= 11 is 1.84. The second-order valence-corrected chi connectivity index (χ2v) is 9.05. The highest BCUT2D eigenvalue weighted by atomic mass is 32.1. The second-order valence-electron chi connectivity index (χ2n) is 8.16. The van der Waals surface area contributed by atoms with Gasteiger partial charge in [-0.2, -0.15) is 5.10 Å². The number of hydrogen-bond donors (Lipinski definition) is 0. The molecule has 3 heterocycles. The predicted octanol–water partition coefficient (Wildman–Crippen LogP) is 2.98. The Morgan fingerprint density at radius 1 is 1.15 bits per heavy atom. The van der Waals surface area contributed by atoms with E-state index in [9.17, 15) is 4.79 Å². The van der Waals surface area contributed by atoms with Gasteiger partial charge < -0.3 is 0 Å². The van der Waals surface area contributed by atoms with Gasteiger partial charge in [0.15, 0.2) is 0 Å². The average Bonchev–Trinajstić information content (AvgIpc) is 3.23. The molecule has 138 valence electrons. The van der Waals surface area contributed by atoms with E-state index in [2.05, 4.69) is 15.4 Å². The van der Waals surface area contributed by atoms with Crippen molar-refractivity contribution < 1.29 is 0 Å². The quantitative estimate of drug-likeness (QED) is 0.812.